The number of carbonyl (C=O) groups is 1. The summed E-state index contributed by atoms with van der Waals surface area (Å²) in [5, 5.41) is 11.9. The van der Waals surface area contributed by atoms with Gasteiger partial charge in [0.05, 0.1) is 12.6 Å². The van der Waals surface area contributed by atoms with Crippen molar-refractivity contribution in [1.29, 1.82) is 5.26 Å². The molecule has 0 aliphatic heterocycles. The smallest absolute Gasteiger partial charge is 0.240 e. The van der Waals surface area contributed by atoms with Crippen molar-refractivity contribution in [2.24, 2.45) is 5.41 Å². The van der Waals surface area contributed by atoms with E-state index in [1.54, 1.807) is 0 Å². The molecule has 14 heavy (non-hydrogen) atoms. The number of carbonyl (C=O) groups excluding carboxylic acids is 1. The Morgan fingerprint density at radius 2 is 2.07 bits per heavy atom. The molecule has 0 atom stereocenters. The van der Waals surface area contributed by atoms with Crippen molar-refractivity contribution in [3.05, 3.63) is 11.6 Å². The van der Waals surface area contributed by atoms with Crippen LogP contribution in [0.1, 0.15) is 26.7 Å². The highest BCUT2D eigenvalue weighted by molar-refractivity contribution is 6.29. The first-order valence-electron chi connectivity index (χ1n) is 4.55. The Labute approximate surface area is 89.7 Å². The fourth-order valence-electron chi connectivity index (χ4n) is 1.13. The molecule has 3 nitrogen and oxygen atoms in total. The number of rotatable bonds is 5. The van der Waals surface area contributed by atoms with Gasteiger partial charge in [-0.1, -0.05) is 32.0 Å². The average molecular weight is 215 g/mol. The van der Waals surface area contributed by atoms with E-state index in [9.17, 15) is 4.79 Å². The first kappa shape index (κ1) is 13.0. The fraction of sp³-hybridized carbons (Fsp3) is 0.600. The molecular weight excluding hydrogens is 200 g/mol. The monoisotopic (exact) mass is 214 g/mol. The SMILES string of the molecule is C=C(Cl)CNC(=O)C(C#N)(CC)CC. The Balaban J connectivity index is 4.47. The fourth-order valence-corrected chi connectivity index (χ4v) is 1.19. The number of nitriles is 1. The maximum absolute atomic E-state index is 11.6. The van der Waals surface area contributed by atoms with E-state index >= 15 is 0 Å². The van der Waals surface area contributed by atoms with Crippen molar-refractivity contribution in [2.75, 3.05) is 6.54 Å². The highest BCUT2D eigenvalue weighted by Gasteiger charge is 2.34. The predicted octanol–water partition coefficient (Wildman–Crippen LogP) is 2.19. The predicted molar refractivity (Wildman–Crippen MR) is 56.6 cm³/mol. The molecule has 0 aromatic heterocycles. The van der Waals surface area contributed by atoms with Crippen LogP contribution in [-0.2, 0) is 4.79 Å². The molecule has 0 saturated heterocycles. The second kappa shape index (κ2) is 5.66. The molecule has 0 aliphatic rings. The molecule has 0 aliphatic carbocycles. The summed E-state index contributed by atoms with van der Waals surface area (Å²) in [7, 11) is 0. The van der Waals surface area contributed by atoms with Gasteiger partial charge >= 0.3 is 0 Å². The van der Waals surface area contributed by atoms with Gasteiger partial charge in [0.25, 0.3) is 0 Å². The third-order valence-corrected chi connectivity index (χ3v) is 2.43. The van der Waals surface area contributed by atoms with Crippen LogP contribution in [-0.4, -0.2) is 12.5 Å². The summed E-state index contributed by atoms with van der Waals surface area (Å²) in [5.74, 6) is -0.271. The normalized spacial score (nSPS) is 10.4. The minimum absolute atomic E-state index is 0.212. The molecule has 0 saturated carbocycles. The maximum atomic E-state index is 11.6. The minimum atomic E-state index is -0.924. The Kier molecular flexibility index (Phi) is 5.26. The van der Waals surface area contributed by atoms with Crippen molar-refractivity contribution >= 4 is 17.5 Å². The lowest BCUT2D eigenvalue weighted by Crippen LogP contribution is -2.39. The minimum Gasteiger partial charge on any atom is -0.350 e. The van der Waals surface area contributed by atoms with Crippen LogP contribution in [0, 0.1) is 16.7 Å². The lowest BCUT2D eigenvalue weighted by atomic mass is 9.83. The van der Waals surface area contributed by atoms with Gasteiger partial charge in [-0.05, 0) is 12.8 Å². The van der Waals surface area contributed by atoms with E-state index in [4.69, 9.17) is 16.9 Å². The summed E-state index contributed by atoms with van der Waals surface area (Å²) < 4.78 is 0. The molecule has 0 radical (unpaired) electrons. The summed E-state index contributed by atoms with van der Waals surface area (Å²) in [6.07, 6.45) is 1.00. The summed E-state index contributed by atoms with van der Waals surface area (Å²) >= 11 is 5.51. The van der Waals surface area contributed by atoms with Crippen LogP contribution >= 0.6 is 11.6 Å². The Morgan fingerprint density at radius 1 is 1.57 bits per heavy atom. The first-order chi connectivity index (χ1) is 6.52. The molecule has 0 unspecified atom stereocenters. The highest BCUT2D eigenvalue weighted by Crippen LogP contribution is 2.25. The number of nitrogens with zero attached hydrogens (tertiary/aromatic N) is 1. The van der Waals surface area contributed by atoms with Crippen molar-refractivity contribution < 1.29 is 4.79 Å². The number of hydrogen-bond donors (Lipinski definition) is 1. The zero-order valence-electron chi connectivity index (χ0n) is 8.56. The molecule has 0 aromatic carbocycles. The van der Waals surface area contributed by atoms with Crippen molar-refractivity contribution in [3.63, 3.8) is 0 Å². The molecule has 0 rings (SSSR count). The van der Waals surface area contributed by atoms with E-state index < -0.39 is 5.41 Å². The largest absolute Gasteiger partial charge is 0.350 e. The maximum Gasteiger partial charge on any atom is 0.240 e. The summed E-state index contributed by atoms with van der Waals surface area (Å²) in [5.41, 5.74) is -0.924. The zero-order chi connectivity index (χ0) is 11.2. The van der Waals surface area contributed by atoms with Crippen molar-refractivity contribution in [2.45, 2.75) is 26.7 Å². The summed E-state index contributed by atoms with van der Waals surface area (Å²) in [4.78, 5) is 11.6. The molecular formula is C10H15ClN2O. The van der Waals surface area contributed by atoms with Crippen LogP contribution in [0.2, 0.25) is 0 Å². The van der Waals surface area contributed by atoms with Crippen LogP contribution in [0.15, 0.2) is 11.6 Å². The van der Waals surface area contributed by atoms with Crippen LogP contribution < -0.4 is 5.32 Å². The Hall–Kier alpha value is -1.01. The molecule has 1 N–H and O–H groups in total. The van der Waals surface area contributed by atoms with Gasteiger partial charge in [0.2, 0.25) is 5.91 Å². The van der Waals surface area contributed by atoms with Gasteiger partial charge in [0, 0.05) is 5.03 Å². The lowest BCUT2D eigenvalue weighted by molar-refractivity contribution is -0.128. The van der Waals surface area contributed by atoms with Crippen LogP contribution in [0.5, 0.6) is 0 Å². The summed E-state index contributed by atoms with van der Waals surface area (Å²) in [6.45, 7) is 7.31. The Bertz CT molecular complexity index is 264. The number of amides is 1. The quantitative estimate of drug-likeness (QED) is 0.763. The van der Waals surface area contributed by atoms with Gasteiger partial charge in [-0.3, -0.25) is 4.79 Å². The van der Waals surface area contributed by atoms with Crippen molar-refractivity contribution in [3.8, 4) is 6.07 Å². The van der Waals surface area contributed by atoms with Crippen molar-refractivity contribution in [1.82, 2.24) is 5.32 Å². The van der Waals surface area contributed by atoms with E-state index in [1.165, 1.54) is 0 Å². The third-order valence-electron chi connectivity index (χ3n) is 2.30. The van der Waals surface area contributed by atoms with Crippen LogP contribution in [0.4, 0.5) is 0 Å². The highest BCUT2D eigenvalue weighted by atomic mass is 35.5. The van der Waals surface area contributed by atoms with Gasteiger partial charge in [0.15, 0.2) is 0 Å². The third kappa shape index (κ3) is 3.04. The van der Waals surface area contributed by atoms with Gasteiger partial charge in [-0.15, -0.1) is 0 Å². The zero-order valence-corrected chi connectivity index (χ0v) is 9.32. The van der Waals surface area contributed by atoms with Crippen LogP contribution in [0.3, 0.4) is 0 Å². The van der Waals surface area contributed by atoms with Gasteiger partial charge < -0.3 is 5.32 Å². The van der Waals surface area contributed by atoms with E-state index in [0.29, 0.717) is 17.9 Å². The molecule has 0 spiro atoms. The van der Waals surface area contributed by atoms with E-state index in [1.807, 2.05) is 13.8 Å². The van der Waals surface area contributed by atoms with Crippen LogP contribution in [0.25, 0.3) is 0 Å². The second-order valence-electron chi connectivity index (χ2n) is 3.10. The molecule has 1 amide bonds. The second-order valence-corrected chi connectivity index (χ2v) is 3.64. The van der Waals surface area contributed by atoms with E-state index in [0.717, 1.165) is 0 Å². The molecule has 0 fully saturated rings. The molecule has 4 heteroatoms. The number of hydrogen-bond acceptors (Lipinski definition) is 2. The molecule has 0 bridgehead atoms. The number of halogens is 1. The van der Waals surface area contributed by atoms with E-state index in [2.05, 4.69) is 18.0 Å². The van der Waals surface area contributed by atoms with Gasteiger partial charge in [-0.25, -0.2) is 0 Å². The Morgan fingerprint density at radius 3 is 2.36 bits per heavy atom. The average Bonchev–Trinajstić information content (AvgIpc) is 2.18. The first-order valence-corrected chi connectivity index (χ1v) is 4.93. The molecule has 78 valence electrons. The van der Waals surface area contributed by atoms with Gasteiger partial charge in [-0.2, -0.15) is 5.26 Å². The van der Waals surface area contributed by atoms with E-state index in [-0.39, 0.29) is 12.5 Å². The van der Waals surface area contributed by atoms with Gasteiger partial charge in [0.1, 0.15) is 5.41 Å². The summed E-state index contributed by atoms with van der Waals surface area (Å²) in [6, 6.07) is 2.05. The topological polar surface area (TPSA) is 52.9 Å². The lowest BCUT2D eigenvalue weighted by Gasteiger charge is -2.21. The standard InChI is InChI=1S/C10H15ClN2O/c1-4-10(5-2,7-12)9(14)13-6-8(3)11/h3-6H2,1-2H3,(H,13,14). The molecule has 0 aromatic rings. The number of nitrogens with one attached hydrogen (secondary N) is 1. The molecule has 0 heterocycles.